The van der Waals surface area contributed by atoms with Gasteiger partial charge < -0.3 is 5.32 Å². The average Bonchev–Trinajstić information content (AvgIpc) is 3.34. The van der Waals surface area contributed by atoms with Crippen molar-refractivity contribution < 1.29 is 4.79 Å². The quantitative estimate of drug-likeness (QED) is 0.532. The Hall–Kier alpha value is -3.33. The van der Waals surface area contributed by atoms with Gasteiger partial charge in [-0.1, -0.05) is 18.2 Å². The number of carbonyl (C=O) groups excluding carboxylic acids is 1. The highest BCUT2D eigenvalue weighted by atomic mass is 32.1. The minimum absolute atomic E-state index is 0.152. The minimum atomic E-state index is -0.555. The third-order valence-corrected chi connectivity index (χ3v) is 6.00. The second kappa shape index (κ2) is 7.83. The molecule has 0 bridgehead atoms. The number of aryl methyl sites for hydroxylation is 2. The largest absolute Gasteiger partial charge is 0.301 e. The number of carbonyl (C=O) groups is 1. The van der Waals surface area contributed by atoms with Crippen molar-refractivity contribution in [3.8, 4) is 11.3 Å². The van der Waals surface area contributed by atoms with Crippen molar-refractivity contribution in [3.05, 3.63) is 57.6 Å². The molecule has 1 amide bonds. The van der Waals surface area contributed by atoms with E-state index in [1.807, 2.05) is 44.5 Å². The number of benzene rings is 1. The zero-order valence-electron chi connectivity index (χ0n) is 17.2. The van der Waals surface area contributed by atoms with Gasteiger partial charge in [0.05, 0.1) is 28.9 Å². The molecule has 0 spiro atoms. The van der Waals surface area contributed by atoms with Crippen LogP contribution in [0.5, 0.6) is 0 Å². The molecule has 0 radical (unpaired) electrons. The first-order chi connectivity index (χ1) is 14.4. The molecule has 154 valence electrons. The van der Waals surface area contributed by atoms with Crippen LogP contribution in [-0.2, 0) is 18.4 Å². The van der Waals surface area contributed by atoms with Crippen LogP contribution >= 0.6 is 11.3 Å². The topological polar surface area (TPSA) is 94.7 Å². The van der Waals surface area contributed by atoms with E-state index in [1.54, 1.807) is 23.9 Å². The summed E-state index contributed by atoms with van der Waals surface area (Å²) in [5, 5.41) is 15.3. The zero-order valence-corrected chi connectivity index (χ0v) is 18.0. The van der Waals surface area contributed by atoms with Crippen molar-refractivity contribution in [1.29, 1.82) is 0 Å². The number of rotatable bonds is 5. The van der Waals surface area contributed by atoms with Gasteiger partial charge in [0.2, 0.25) is 5.91 Å². The van der Waals surface area contributed by atoms with Crippen molar-refractivity contribution >= 4 is 33.1 Å². The molecule has 0 aliphatic carbocycles. The Morgan fingerprint density at radius 2 is 2.00 bits per heavy atom. The summed E-state index contributed by atoms with van der Waals surface area (Å²) in [6, 6.07) is 7.26. The highest BCUT2D eigenvalue weighted by Gasteiger charge is 2.23. The fourth-order valence-corrected chi connectivity index (χ4v) is 4.05. The third-order valence-electron chi connectivity index (χ3n) is 5.24. The number of nitrogens with zero attached hydrogens (tertiary/aromatic N) is 5. The molecule has 30 heavy (non-hydrogen) atoms. The van der Waals surface area contributed by atoms with E-state index >= 15 is 0 Å². The zero-order chi connectivity index (χ0) is 21.4. The van der Waals surface area contributed by atoms with E-state index in [-0.39, 0.29) is 11.5 Å². The van der Waals surface area contributed by atoms with Gasteiger partial charge in [0.25, 0.3) is 5.56 Å². The SMILES string of the molecule is CCn1nc([C@H](C)C(=O)Nc2nc(-c3cnn(C)c3C)cs2)c2ccccc2c1=O. The molecule has 3 aromatic heterocycles. The Morgan fingerprint density at radius 3 is 2.67 bits per heavy atom. The molecule has 1 atom stereocenters. The lowest BCUT2D eigenvalue weighted by molar-refractivity contribution is -0.117. The van der Waals surface area contributed by atoms with Gasteiger partial charge in [-0.25, -0.2) is 9.67 Å². The second-order valence-electron chi connectivity index (χ2n) is 7.07. The maximum atomic E-state index is 13.0. The number of fused-ring (bicyclic) bond motifs is 1. The number of aromatic nitrogens is 5. The molecule has 0 unspecified atom stereocenters. The number of hydrogen-bond acceptors (Lipinski definition) is 6. The predicted octanol–water partition coefficient (Wildman–Crippen LogP) is 3.32. The van der Waals surface area contributed by atoms with Gasteiger partial charge in [-0.15, -0.1) is 11.3 Å². The first kappa shape index (κ1) is 20.0. The highest BCUT2D eigenvalue weighted by molar-refractivity contribution is 7.14. The van der Waals surface area contributed by atoms with Crippen molar-refractivity contribution in [2.24, 2.45) is 7.05 Å². The van der Waals surface area contributed by atoms with Crippen LogP contribution in [0.2, 0.25) is 0 Å². The summed E-state index contributed by atoms with van der Waals surface area (Å²) in [4.78, 5) is 30.1. The van der Waals surface area contributed by atoms with Gasteiger partial charge >= 0.3 is 0 Å². The van der Waals surface area contributed by atoms with E-state index in [9.17, 15) is 9.59 Å². The van der Waals surface area contributed by atoms with Gasteiger partial charge in [0, 0.05) is 35.6 Å². The summed E-state index contributed by atoms with van der Waals surface area (Å²) in [6.45, 7) is 6.05. The molecule has 4 aromatic rings. The molecular formula is C21H22N6O2S. The van der Waals surface area contributed by atoms with Gasteiger partial charge in [0.15, 0.2) is 5.13 Å². The number of anilines is 1. The van der Waals surface area contributed by atoms with E-state index in [0.29, 0.717) is 28.1 Å². The molecule has 0 aliphatic heterocycles. The highest BCUT2D eigenvalue weighted by Crippen LogP contribution is 2.28. The number of thiazole rings is 1. The van der Waals surface area contributed by atoms with Gasteiger partial charge in [-0.2, -0.15) is 10.2 Å². The molecule has 1 aromatic carbocycles. The smallest absolute Gasteiger partial charge is 0.274 e. The van der Waals surface area contributed by atoms with Crippen LogP contribution in [-0.4, -0.2) is 30.5 Å². The summed E-state index contributed by atoms with van der Waals surface area (Å²) in [5.74, 6) is -0.779. The van der Waals surface area contributed by atoms with E-state index in [4.69, 9.17) is 0 Å². The average molecular weight is 423 g/mol. The summed E-state index contributed by atoms with van der Waals surface area (Å²) < 4.78 is 3.18. The molecule has 1 N–H and O–H groups in total. The van der Waals surface area contributed by atoms with E-state index in [0.717, 1.165) is 17.0 Å². The Bertz CT molecular complexity index is 1300. The van der Waals surface area contributed by atoms with Gasteiger partial charge in [-0.05, 0) is 26.8 Å². The van der Waals surface area contributed by atoms with Crippen LogP contribution in [0, 0.1) is 6.92 Å². The maximum Gasteiger partial charge on any atom is 0.274 e. The molecular weight excluding hydrogens is 400 g/mol. The molecule has 0 saturated heterocycles. The van der Waals surface area contributed by atoms with Crippen molar-refractivity contribution in [3.63, 3.8) is 0 Å². The van der Waals surface area contributed by atoms with E-state index in [2.05, 4.69) is 20.5 Å². The lowest BCUT2D eigenvalue weighted by Gasteiger charge is -2.14. The van der Waals surface area contributed by atoms with Crippen LogP contribution in [0.4, 0.5) is 5.13 Å². The van der Waals surface area contributed by atoms with Crippen molar-refractivity contribution in [2.45, 2.75) is 33.2 Å². The lowest BCUT2D eigenvalue weighted by atomic mass is 10.0. The van der Waals surface area contributed by atoms with Crippen molar-refractivity contribution in [1.82, 2.24) is 24.5 Å². The maximum absolute atomic E-state index is 13.0. The summed E-state index contributed by atoms with van der Waals surface area (Å²) in [6.07, 6.45) is 1.77. The molecule has 0 saturated carbocycles. The van der Waals surface area contributed by atoms with Gasteiger partial charge in [-0.3, -0.25) is 14.3 Å². The van der Waals surface area contributed by atoms with Crippen LogP contribution in [0.15, 0.2) is 40.6 Å². The van der Waals surface area contributed by atoms with E-state index in [1.165, 1.54) is 16.0 Å². The monoisotopic (exact) mass is 422 g/mol. The molecule has 0 aliphatic rings. The fourth-order valence-electron chi connectivity index (χ4n) is 3.34. The second-order valence-corrected chi connectivity index (χ2v) is 7.93. The minimum Gasteiger partial charge on any atom is -0.301 e. The Labute approximate surface area is 177 Å². The summed E-state index contributed by atoms with van der Waals surface area (Å²) in [5.41, 5.74) is 3.14. The van der Waals surface area contributed by atoms with Crippen LogP contribution < -0.4 is 10.9 Å². The number of amides is 1. The summed E-state index contributed by atoms with van der Waals surface area (Å²) >= 11 is 1.36. The van der Waals surface area contributed by atoms with E-state index < -0.39 is 5.92 Å². The normalized spacial score (nSPS) is 12.3. The van der Waals surface area contributed by atoms with Crippen LogP contribution in [0.3, 0.4) is 0 Å². The molecule has 0 fully saturated rings. The van der Waals surface area contributed by atoms with Crippen LogP contribution in [0.1, 0.15) is 31.2 Å². The molecule has 8 nitrogen and oxygen atoms in total. The standard InChI is InChI=1S/C21H22N6O2S/c1-5-27-20(29)15-9-7-6-8-14(15)18(25-27)12(2)19(28)24-21-23-17(11-30-21)16-10-22-26(4)13(16)3/h6-12H,5H2,1-4H3,(H,23,24,28)/t12-/m0/s1. The number of hydrogen-bond donors (Lipinski definition) is 1. The first-order valence-corrected chi connectivity index (χ1v) is 10.5. The van der Waals surface area contributed by atoms with Crippen molar-refractivity contribution in [2.75, 3.05) is 5.32 Å². The predicted molar refractivity (Wildman–Crippen MR) is 118 cm³/mol. The molecule has 9 heteroatoms. The fraction of sp³-hybridized carbons (Fsp3) is 0.286. The first-order valence-electron chi connectivity index (χ1n) is 9.65. The number of nitrogens with one attached hydrogen (secondary N) is 1. The molecule has 3 heterocycles. The Kier molecular flexibility index (Phi) is 5.21. The molecule has 4 rings (SSSR count). The third kappa shape index (κ3) is 3.41. The lowest BCUT2D eigenvalue weighted by Crippen LogP contribution is -2.27. The Morgan fingerprint density at radius 1 is 1.27 bits per heavy atom. The van der Waals surface area contributed by atoms with Crippen LogP contribution in [0.25, 0.3) is 22.0 Å². The summed E-state index contributed by atoms with van der Waals surface area (Å²) in [7, 11) is 1.88. The Balaban J connectivity index is 1.63. The van der Waals surface area contributed by atoms with Gasteiger partial charge in [0.1, 0.15) is 0 Å².